The van der Waals surface area contributed by atoms with Crippen molar-refractivity contribution in [1.29, 1.82) is 0 Å². The summed E-state index contributed by atoms with van der Waals surface area (Å²) in [7, 11) is 5.34. The number of thiophene rings is 2. The highest BCUT2D eigenvalue weighted by Crippen LogP contribution is 2.44. The molecule has 0 atom stereocenters. The highest BCUT2D eigenvalue weighted by Gasteiger charge is 2.26. The molecule has 0 bridgehead atoms. The Morgan fingerprint density at radius 3 is 1.51 bits per heavy atom. The molecule has 0 saturated carbocycles. The number of thioether (sulfide) groups is 5. The van der Waals surface area contributed by atoms with E-state index in [1.165, 1.54) is 93.8 Å². The molecule has 1 aromatic carbocycles. The van der Waals surface area contributed by atoms with Crippen LogP contribution in [0.5, 0.6) is 0 Å². The van der Waals surface area contributed by atoms with Crippen LogP contribution in [0.15, 0.2) is 77.5 Å². The summed E-state index contributed by atoms with van der Waals surface area (Å²) in [4.78, 5) is 66.5. The van der Waals surface area contributed by atoms with Crippen LogP contribution in [0.3, 0.4) is 0 Å². The SMILES string of the molecule is CC(C)(C)C(=O)CSc1ncc2c(n1)-c1ccccc1CC2.CCN(C)C(=O)CSc1ncc2c(n1)-c1c(csc1SC)CC2.CSc1scc2c1-c1nc(SCC(=O)N(C)C)ncc1CC2. The molecule has 0 N–H and O–H groups in total. The van der Waals surface area contributed by atoms with Gasteiger partial charge in [0.15, 0.2) is 15.5 Å². The van der Waals surface area contributed by atoms with Crippen molar-refractivity contribution >= 4 is 99.1 Å². The van der Waals surface area contributed by atoms with E-state index in [0.29, 0.717) is 32.7 Å². The van der Waals surface area contributed by atoms with Crippen LogP contribution in [-0.2, 0) is 52.9 Å². The van der Waals surface area contributed by atoms with Crippen LogP contribution >= 0.6 is 81.5 Å². The van der Waals surface area contributed by atoms with Gasteiger partial charge in [-0.2, -0.15) is 0 Å². The number of fused-ring (bicyclic) bond motifs is 9. The van der Waals surface area contributed by atoms with Gasteiger partial charge < -0.3 is 9.80 Å². The number of rotatable bonds is 12. The predicted octanol–water partition coefficient (Wildman–Crippen LogP) is 10.8. The molecule has 5 aromatic heterocycles. The maximum atomic E-state index is 12.0. The lowest BCUT2D eigenvalue weighted by Gasteiger charge is -2.19. The molecule has 0 radical (unpaired) electrons. The minimum Gasteiger partial charge on any atom is -0.348 e. The Bertz CT molecular complexity index is 2720. The molecule has 352 valence electrons. The fourth-order valence-electron chi connectivity index (χ4n) is 7.30. The lowest BCUT2D eigenvalue weighted by molar-refractivity contribution is -0.127. The molecule has 2 amide bonds. The Balaban J connectivity index is 0.000000149. The van der Waals surface area contributed by atoms with Crippen LogP contribution in [0.25, 0.3) is 33.8 Å². The molecule has 3 aliphatic carbocycles. The van der Waals surface area contributed by atoms with Crippen LogP contribution in [-0.4, -0.2) is 115 Å². The Morgan fingerprint density at radius 1 is 0.597 bits per heavy atom. The second-order valence-electron chi connectivity index (χ2n) is 17.2. The monoisotopic (exact) mass is 1030 g/mol. The minimum absolute atomic E-state index is 0.0762. The number of carbonyl (C=O) groups is 3. The molecule has 9 rings (SSSR count). The fourth-order valence-corrected chi connectivity index (χ4v) is 13.4. The number of nitrogens with zero attached hydrogens (tertiary/aromatic N) is 8. The summed E-state index contributed by atoms with van der Waals surface area (Å²) in [5.74, 6) is 1.59. The summed E-state index contributed by atoms with van der Waals surface area (Å²) in [6, 6.07) is 8.40. The summed E-state index contributed by atoms with van der Waals surface area (Å²) < 4.78 is 2.63. The van der Waals surface area contributed by atoms with Crippen molar-refractivity contribution in [3.63, 3.8) is 0 Å². The number of aromatic nitrogens is 6. The minimum atomic E-state index is -0.312. The molecule has 3 aliphatic rings. The summed E-state index contributed by atoms with van der Waals surface area (Å²) in [6.07, 6.45) is 16.1. The first-order valence-electron chi connectivity index (χ1n) is 22.0. The van der Waals surface area contributed by atoms with Crippen molar-refractivity contribution in [2.75, 3.05) is 57.5 Å². The number of amides is 2. The van der Waals surface area contributed by atoms with Gasteiger partial charge in [-0.05, 0) is 102 Å². The maximum Gasteiger partial charge on any atom is 0.232 e. The van der Waals surface area contributed by atoms with Crippen LogP contribution in [0.2, 0.25) is 0 Å². The van der Waals surface area contributed by atoms with Crippen molar-refractivity contribution < 1.29 is 14.4 Å². The number of hydrogen-bond acceptors (Lipinski definition) is 16. The molecule has 5 heterocycles. The van der Waals surface area contributed by atoms with Crippen LogP contribution < -0.4 is 0 Å². The third-order valence-electron chi connectivity index (χ3n) is 11.5. The Hall–Kier alpha value is -3.78. The molecule has 0 aliphatic heterocycles. The summed E-state index contributed by atoms with van der Waals surface area (Å²) in [6.45, 7) is 8.53. The highest BCUT2D eigenvalue weighted by molar-refractivity contribution is 8.01. The quantitative estimate of drug-likeness (QED) is 0.0850. The van der Waals surface area contributed by atoms with Gasteiger partial charge in [-0.3, -0.25) is 14.4 Å². The van der Waals surface area contributed by atoms with Crippen molar-refractivity contribution in [3.8, 4) is 33.8 Å². The Labute approximate surface area is 423 Å². The third-order valence-corrected chi connectivity index (χ3v) is 18.4. The van der Waals surface area contributed by atoms with Crippen molar-refractivity contribution in [2.45, 2.75) is 90.1 Å². The smallest absolute Gasteiger partial charge is 0.232 e. The second kappa shape index (κ2) is 23.2. The van der Waals surface area contributed by atoms with Gasteiger partial charge in [0.25, 0.3) is 0 Å². The largest absolute Gasteiger partial charge is 0.348 e. The Morgan fingerprint density at radius 2 is 1.03 bits per heavy atom. The zero-order valence-electron chi connectivity index (χ0n) is 39.4. The van der Waals surface area contributed by atoms with E-state index in [2.05, 4.69) is 56.4 Å². The van der Waals surface area contributed by atoms with Gasteiger partial charge in [-0.1, -0.05) is 80.3 Å². The molecular weight excluding hydrogens is 973 g/mol. The first-order valence-corrected chi connectivity index (χ1v) is 29.2. The molecule has 11 nitrogen and oxygen atoms in total. The van der Waals surface area contributed by atoms with E-state index in [-0.39, 0.29) is 23.0 Å². The van der Waals surface area contributed by atoms with Crippen molar-refractivity contribution in [3.05, 3.63) is 87.0 Å². The lowest BCUT2D eigenvalue weighted by Crippen LogP contribution is -2.27. The topological polar surface area (TPSA) is 135 Å². The first kappa shape index (κ1) is 51.1. The fraction of sp³-hybridized carbons (Fsp3) is 0.408. The van der Waals surface area contributed by atoms with E-state index in [9.17, 15) is 14.4 Å². The van der Waals surface area contributed by atoms with Crippen molar-refractivity contribution in [2.24, 2.45) is 5.41 Å². The molecule has 0 unspecified atom stereocenters. The zero-order chi connectivity index (χ0) is 47.8. The second-order valence-corrected chi connectivity index (χ2v) is 24.0. The molecule has 6 aromatic rings. The molecular formula is C49H56N8O3S7. The highest BCUT2D eigenvalue weighted by atomic mass is 32.2. The van der Waals surface area contributed by atoms with Crippen molar-refractivity contribution in [1.82, 2.24) is 39.7 Å². The van der Waals surface area contributed by atoms with E-state index >= 15 is 0 Å². The van der Waals surface area contributed by atoms with Crippen LogP contribution in [0, 0.1) is 5.41 Å². The summed E-state index contributed by atoms with van der Waals surface area (Å²) in [5.41, 5.74) is 14.4. The molecule has 18 heteroatoms. The normalized spacial score (nSPS) is 12.9. The van der Waals surface area contributed by atoms with Gasteiger partial charge in [0.05, 0.1) is 42.8 Å². The predicted molar refractivity (Wildman–Crippen MR) is 283 cm³/mol. The first-order chi connectivity index (χ1) is 32.2. The number of aryl methyl sites for hydroxylation is 6. The summed E-state index contributed by atoms with van der Waals surface area (Å²) >= 11 is 11.4. The van der Waals surface area contributed by atoms with Gasteiger partial charge in [0.1, 0.15) is 5.78 Å². The number of ketones is 1. The number of benzene rings is 1. The van der Waals surface area contributed by atoms with E-state index in [1.807, 2.05) is 59.4 Å². The number of Topliss-reactive ketones (excluding diaryl/α,β-unsaturated/α-hetero) is 1. The Kier molecular flexibility index (Phi) is 17.7. The van der Waals surface area contributed by atoms with Crippen LogP contribution in [0.1, 0.15) is 61.1 Å². The number of carbonyl (C=O) groups excluding carboxylic acids is 3. The third kappa shape index (κ3) is 12.5. The number of hydrogen-bond donors (Lipinski definition) is 0. The molecule has 67 heavy (non-hydrogen) atoms. The average molecular weight is 1030 g/mol. The van der Waals surface area contributed by atoms with Gasteiger partial charge >= 0.3 is 0 Å². The summed E-state index contributed by atoms with van der Waals surface area (Å²) in [5, 5.41) is 6.55. The van der Waals surface area contributed by atoms with E-state index in [1.54, 1.807) is 70.1 Å². The van der Waals surface area contributed by atoms with Gasteiger partial charge in [-0.15, -0.1) is 46.2 Å². The lowest BCUT2D eigenvalue weighted by atomic mass is 9.90. The van der Waals surface area contributed by atoms with E-state index < -0.39 is 0 Å². The molecule has 0 fully saturated rings. The standard InChI is InChI=1S/C18H20N2OS.C16H19N3OS3.C15H17N3OS3/c1-18(2,3)15(21)11-22-17-19-10-13-9-8-12-6-4-5-7-14(12)16(13)20-17;1-4-19(2)12(20)9-23-16-17-7-10-5-6-11-8-22-15(21-3)13(11)14(10)18-16;1-18(2)11(19)8-22-15-16-6-9-4-5-10-7-21-14(20-3)12(10)13(9)17-15/h4-7,10H,8-9,11H2,1-3H3;7-8H,4-6,9H2,1-3H3;6-7H,4-5,8H2,1-3H3. The van der Waals surface area contributed by atoms with Gasteiger partial charge in [0, 0.05) is 68.4 Å². The molecule has 0 spiro atoms. The molecule has 0 saturated heterocycles. The van der Waals surface area contributed by atoms with E-state index in [0.717, 1.165) is 62.2 Å². The average Bonchev–Trinajstić information content (AvgIpc) is 3.98. The maximum absolute atomic E-state index is 12.0. The van der Waals surface area contributed by atoms with Gasteiger partial charge in [-0.25, -0.2) is 29.9 Å². The van der Waals surface area contributed by atoms with E-state index in [4.69, 9.17) is 15.0 Å². The zero-order valence-corrected chi connectivity index (χ0v) is 45.1. The van der Waals surface area contributed by atoms with Gasteiger partial charge in [0.2, 0.25) is 11.8 Å². The van der Waals surface area contributed by atoms with Crippen LogP contribution in [0.4, 0.5) is 0 Å².